The zero-order valence-electron chi connectivity index (χ0n) is 11.1. The zero-order valence-corrected chi connectivity index (χ0v) is 11.1. The molecular formula is C12H24N2O3. The van der Waals surface area contributed by atoms with Gasteiger partial charge < -0.3 is 15.0 Å². The molecule has 0 radical (unpaired) electrons. The van der Waals surface area contributed by atoms with E-state index < -0.39 is 0 Å². The van der Waals surface area contributed by atoms with Gasteiger partial charge in [0.25, 0.3) is 0 Å². The van der Waals surface area contributed by atoms with Gasteiger partial charge in [0.15, 0.2) is 0 Å². The quantitative estimate of drug-likeness (QED) is 0.481. The molecule has 0 saturated carbocycles. The van der Waals surface area contributed by atoms with Crippen LogP contribution in [-0.2, 0) is 14.3 Å². The van der Waals surface area contributed by atoms with Crippen LogP contribution in [0.3, 0.4) is 0 Å². The van der Waals surface area contributed by atoms with E-state index in [4.69, 9.17) is 0 Å². The van der Waals surface area contributed by atoms with Crippen molar-refractivity contribution in [2.24, 2.45) is 0 Å². The fourth-order valence-corrected chi connectivity index (χ4v) is 1.48. The van der Waals surface area contributed by atoms with Crippen molar-refractivity contribution < 1.29 is 14.3 Å². The highest BCUT2D eigenvalue weighted by Crippen LogP contribution is 1.93. The summed E-state index contributed by atoms with van der Waals surface area (Å²) in [6.07, 6.45) is 1.29. The van der Waals surface area contributed by atoms with Crippen molar-refractivity contribution in [3.63, 3.8) is 0 Å². The molecule has 0 aromatic carbocycles. The minimum absolute atomic E-state index is 0.0880. The second-order valence-corrected chi connectivity index (χ2v) is 3.81. The predicted molar refractivity (Wildman–Crippen MR) is 66.7 cm³/mol. The van der Waals surface area contributed by atoms with Gasteiger partial charge in [-0.1, -0.05) is 13.8 Å². The standard InChI is InChI=1S/C12H24N2O3/c1-4-14(5-2)10-6-9-13-11(15)7-8-12(16)17-3/h4-10H2,1-3H3,(H,13,15). The Bertz CT molecular complexity index is 228. The van der Waals surface area contributed by atoms with Crippen LogP contribution in [0.25, 0.3) is 0 Å². The number of esters is 1. The minimum Gasteiger partial charge on any atom is -0.469 e. The van der Waals surface area contributed by atoms with Crippen molar-refractivity contribution in [3.05, 3.63) is 0 Å². The summed E-state index contributed by atoms with van der Waals surface area (Å²) in [7, 11) is 1.32. The third-order valence-electron chi connectivity index (χ3n) is 2.65. The summed E-state index contributed by atoms with van der Waals surface area (Å²) in [5, 5.41) is 2.79. The van der Waals surface area contributed by atoms with Crippen LogP contribution in [0, 0.1) is 0 Å². The molecule has 1 N–H and O–H groups in total. The maximum atomic E-state index is 11.3. The largest absolute Gasteiger partial charge is 0.469 e. The topological polar surface area (TPSA) is 58.6 Å². The highest BCUT2D eigenvalue weighted by Gasteiger charge is 2.06. The molecule has 0 bridgehead atoms. The van der Waals surface area contributed by atoms with Crippen LogP contribution in [0.4, 0.5) is 0 Å². The molecule has 100 valence electrons. The van der Waals surface area contributed by atoms with E-state index in [-0.39, 0.29) is 24.7 Å². The third-order valence-corrected chi connectivity index (χ3v) is 2.65. The summed E-state index contributed by atoms with van der Waals surface area (Å²) in [6.45, 7) is 7.97. The molecule has 0 saturated heterocycles. The number of hydrogen-bond acceptors (Lipinski definition) is 4. The number of nitrogens with one attached hydrogen (secondary N) is 1. The van der Waals surface area contributed by atoms with Gasteiger partial charge in [-0.2, -0.15) is 0 Å². The van der Waals surface area contributed by atoms with Crippen LogP contribution in [0.15, 0.2) is 0 Å². The number of carbonyl (C=O) groups excluding carboxylic acids is 2. The first-order chi connectivity index (χ1) is 8.13. The molecule has 0 aromatic rings. The molecule has 0 unspecified atom stereocenters. The molecule has 0 spiro atoms. The van der Waals surface area contributed by atoms with Crippen molar-refractivity contribution in [1.29, 1.82) is 0 Å². The number of carbonyl (C=O) groups is 2. The fourth-order valence-electron chi connectivity index (χ4n) is 1.48. The molecule has 0 rings (SSSR count). The molecule has 1 amide bonds. The van der Waals surface area contributed by atoms with Crippen molar-refractivity contribution in [2.45, 2.75) is 33.1 Å². The van der Waals surface area contributed by atoms with E-state index >= 15 is 0 Å². The number of ether oxygens (including phenoxy) is 1. The van der Waals surface area contributed by atoms with E-state index in [0.29, 0.717) is 6.54 Å². The lowest BCUT2D eigenvalue weighted by molar-refractivity contribution is -0.142. The molecule has 0 aliphatic rings. The summed E-state index contributed by atoms with van der Waals surface area (Å²) in [5.74, 6) is -0.432. The number of hydrogen-bond donors (Lipinski definition) is 1. The summed E-state index contributed by atoms with van der Waals surface area (Å²) in [4.78, 5) is 24.4. The van der Waals surface area contributed by atoms with Crippen LogP contribution < -0.4 is 5.32 Å². The fraction of sp³-hybridized carbons (Fsp3) is 0.833. The average molecular weight is 244 g/mol. The summed E-state index contributed by atoms with van der Waals surface area (Å²) < 4.78 is 4.46. The normalized spacial score (nSPS) is 10.4. The van der Waals surface area contributed by atoms with Gasteiger partial charge >= 0.3 is 5.97 Å². The van der Waals surface area contributed by atoms with E-state index in [0.717, 1.165) is 26.1 Å². The zero-order chi connectivity index (χ0) is 13.1. The Hall–Kier alpha value is -1.10. The van der Waals surface area contributed by atoms with Crippen molar-refractivity contribution in [1.82, 2.24) is 10.2 Å². The monoisotopic (exact) mass is 244 g/mol. The van der Waals surface area contributed by atoms with Gasteiger partial charge in [0.05, 0.1) is 13.5 Å². The Kier molecular flexibility index (Phi) is 9.43. The Morgan fingerprint density at radius 1 is 1.18 bits per heavy atom. The first kappa shape index (κ1) is 15.9. The molecule has 0 aliphatic heterocycles. The first-order valence-corrected chi connectivity index (χ1v) is 6.19. The minimum atomic E-state index is -0.344. The molecular weight excluding hydrogens is 220 g/mol. The van der Waals surface area contributed by atoms with Gasteiger partial charge in [-0.3, -0.25) is 9.59 Å². The van der Waals surface area contributed by atoms with Crippen LogP contribution >= 0.6 is 0 Å². The van der Waals surface area contributed by atoms with Crippen LogP contribution in [0.5, 0.6) is 0 Å². The lowest BCUT2D eigenvalue weighted by Crippen LogP contribution is -2.30. The number of rotatable bonds is 9. The highest BCUT2D eigenvalue weighted by molar-refractivity contribution is 5.81. The Labute approximate surface area is 103 Å². The Morgan fingerprint density at radius 3 is 2.35 bits per heavy atom. The second kappa shape index (κ2) is 10.1. The van der Waals surface area contributed by atoms with Crippen LogP contribution in [0.1, 0.15) is 33.1 Å². The molecule has 0 fully saturated rings. The van der Waals surface area contributed by atoms with Gasteiger partial charge in [0.1, 0.15) is 0 Å². The average Bonchev–Trinajstić information content (AvgIpc) is 2.36. The van der Waals surface area contributed by atoms with Crippen LogP contribution in [-0.4, -0.2) is 50.1 Å². The highest BCUT2D eigenvalue weighted by atomic mass is 16.5. The molecule has 17 heavy (non-hydrogen) atoms. The molecule has 5 nitrogen and oxygen atoms in total. The molecule has 5 heteroatoms. The lowest BCUT2D eigenvalue weighted by Gasteiger charge is -2.17. The maximum absolute atomic E-state index is 11.3. The van der Waals surface area contributed by atoms with E-state index in [9.17, 15) is 9.59 Å². The van der Waals surface area contributed by atoms with Gasteiger partial charge in [0.2, 0.25) is 5.91 Å². The van der Waals surface area contributed by atoms with Crippen molar-refractivity contribution >= 4 is 11.9 Å². The summed E-state index contributed by atoms with van der Waals surface area (Å²) in [6, 6.07) is 0. The van der Waals surface area contributed by atoms with E-state index in [2.05, 4.69) is 28.8 Å². The van der Waals surface area contributed by atoms with E-state index in [1.807, 2.05) is 0 Å². The molecule has 0 aliphatic carbocycles. The lowest BCUT2D eigenvalue weighted by atomic mass is 10.3. The predicted octanol–water partition coefficient (Wildman–Crippen LogP) is 0.788. The van der Waals surface area contributed by atoms with E-state index in [1.165, 1.54) is 7.11 Å². The third kappa shape index (κ3) is 8.68. The smallest absolute Gasteiger partial charge is 0.306 e. The van der Waals surface area contributed by atoms with Gasteiger partial charge in [-0.15, -0.1) is 0 Å². The Balaban J connectivity index is 3.48. The van der Waals surface area contributed by atoms with Crippen molar-refractivity contribution in [2.75, 3.05) is 33.3 Å². The number of amides is 1. The van der Waals surface area contributed by atoms with Crippen LogP contribution in [0.2, 0.25) is 0 Å². The van der Waals surface area contributed by atoms with Crippen molar-refractivity contribution in [3.8, 4) is 0 Å². The molecule has 0 heterocycles. The van der Waals surface area contributed by atoms with Gasteiger partial charge in [-0.05, 0) is 26.1 Å². The van der Waals surface area contributed by atoms with E-state index in [1.54, 1.807) is 0 Å². The summed E-state index contributed by atoms with van der Waals surface area (Å²) in [5.41, 5.74) is 0. The number of methoxy groups -OCH3 is 1. The maximum Gasteiger partial charge on any atom is 0.306 e. The van der Waals surface area contributed by atoms with Gasteiger partial charge in [0, 0.05) is 13.0 Å². The molecule has 0 aromatic heterocycles. The summed E-state index contributed by atoms with van der Waals surface area (Å²) >= 11 is 0. The second-order valence-electron chi connectivity index (χ2n) is 3.81. The SMILES string of the molecule is CCN(CC)CCCNC(=O)CCC(=O)OC. The first-order valence-electron chi connectivity index (χ1n) is 6.19. The Morgan fingerprint density at radius 2 is 1.82 bits per heavy atom. The van der Waals surface area contributed by atoms with Gasteiger partial charge in [-0.25, -0.2) is 0 Å². The molecule has 0 atom stereocenters. The number of nitrogens with zero attached hydrogens (tertiary/aromatic N) is 1.